The summed E-state index contributed by atoms with van der Waals surface area (Å²) in [4.78, 5) is 21.3. The summed E-state index contributed by atoms with van der Waals surface area (Å²) in [6.07, 6.45) is 0. The Morgan fingerprint density at radius 3 is 2.39 bits per heavy atom. The summed E-state index contributed by atoms with van der Waals surface area (Å²) in [7, 11) is 0. The van der Waals surface area contributed by atoms with Crippen molar-refractivity contribution >= 4 is 11.7 Å². The van der Waals surface area contributed by atoms with E-state index in [1.165, 1.54) is 5.56 Å². The maximum absolute atomic E-state index is 12.1. The van der Waals surface area contributed by atoms with Gasteiger partial charge >= 0.3 is 0 Å². The molecule has 0 saturated carbocycles. The molecule has 128 valence electrons. The van der Waals surface area contributed by atoms with Crippen molar-refractivity contribution in [2.75, 3.05) is 31.1 Å². The van der Waals surface area contributed by atoms with E-state index in [0.29, 0.717) is 0 Å². The first-order valence-corrected chi connectivity index (χ1v) is 8.55. The van der Waals surface area contributed by atoms with Crippen LogP contribution in [0.2, 0.25) is 0 Å². The molecular weight excluding hydrogens is 288 g/mol. The topological polar surface area (TPSA) is 48.5 Å². The first kappa shape index (κ1) is 17.7. The summed E-state index contributed by atoms with van der Waals surface area (Å²) in [5.74, 6) is 1.14. The van der Waals surface area contributed by atoms with Gasteiger partial charge in [-0.25, -0.2) is 4.98 Å². The van der Waals surface area contributed by atoms with Gasteiger partial charge in [0, 0.05) is 50.4 Å². The van der Waals surface area contributed by atoms with Crippen LogP contribution in [0, 0.1) is 13.8 Å². The van der Waals surface area contributed by atoms with Gasteiger partial charge in [0.05, 0.1) is 6.04 Å². The highest BCUT2D eigenvalue weighted by Crippen LogP contribution is 2.31. The second kappa shape index (κ2) is 7.30. The minimum absolute atomic E-state index is 0.0178. The lowest BCUT2D eigenvalue weighted by Crippen LogP contribution is -2.45. The van der Waals surface area contributed by atoms with Crippen molar-refractivity contribution < 1.29 is 4.79 Å². The molecule has 0 aliphatic carbocycles. The zero-order valence-electron chi connectivity index (χ0n) is 15.3. The Kier molecular flexibility index (Phi) is 5.63. The molecule has 5 heteroatoms. The van der Waals surface area contributed by atoms with Gasteiger partial charge in [0.15, 0.2) is 0 Å². The lowest BCUT2D eigenvalue weighted by Gasteiger charge is -2.36. The molecular formula is C18H30N4O. The summed E-state index contributed by atoms with van der Waals surface area (Å²) >= 11 is 0. The average Bonchev–Trinajstić information content (AvgIpc) is 2.49. The van der Waals surface area contributed by atoms with E-state index < -0.39 is 0 Å². The molecule has 1 aromatic heterocycles. The lowest BCUT2D eigenvalue weighted by atomic mass is 10.0. The van der Waals surface area contributed by atoms with Gasteiger partial charge in [-0.1, -0.05) is 0 Å². The smallest absolute Gasteiger partial charge is 0.220 e. The number of pyridine rings is 1. The zero-order valence-corrected chi connectivity index (χ0v) is 15.3. The van der Waals surface area contributed by atoms with Crippen LogP contribution in [0.1, 0.15) is 50.6 Å². The number of rotatable bonds is 4. The van der Waals surface area contributed by atoms with Crippen LogP contribution < -0.4 is 10.2 Å². The van der Waals surface area contributed by atoms with Gasteiger partial charge in [-0.3, -0.25) is 4.79 Å². The van der Waals surface area contributed by atoms with E-state index in [0.717, 1.165) is 43.3 Å². The number of aromatic nitrogens is 1. The number of anilines is 1. The summed E-state index contributed by atoms with van der Waals surface area (Å²) in [5, 5.41) is 3.38. The van der Waals surface area contributed by atoms with Crippen molar-refractivity contribution in [3.05, 3.63) is 22.9 Å². The molecule has 0 aromatic carbocycles. The predicted molar refractivity (Wildman–Crippen MR) is 94.9 cm³/mol. The number of aryl methyl sites for hydroxylation is 2. The van der Waals surface area contributed by atoms with E-state index in [-0.39, 0.29) is 18.0 Å². The highest BCUT2D eigenvalue weighted by atomic mass is 16.2. The van der Waals surface area contributed by atoms with E-state index in [9.17, 15) is 4.79 Å². The highest BCUT2D eigenvalue weighted by Gasteiger charge is 2.27. The van der Waals surface area contributed by atoms with E-state index in [1.54, 1.807) is 6.92 Å². The summed E-state index contributed by atoms with van der Waals surface area (Å²) in [6.45, 7) is 15.9. The van der Waals surface area contributed by atoms with Crippen molar-refractivity contribution in [3.8, 4) is 0 Å². The fourth-order valence-electron chi connectivity index (χ4n) is 3.38. The Hall–Kier alpha value is -1.62. The molecule has 1 aliphatic heterocycles. The molecule has 0 radical (unpaired) electrons. The average molecular weight is 318 g/mol. The van der Waals surface area contributed by atoms with E-state index in [1.807, 2.05) is 4.90 Å². The first-order valence-electron chi connectivity index (χ1n) is 8.55. The number of hydrogen-bond donors (Lipinski definition) is 1. The minimum Gasteiger partial charge on any atom is -0.354 e. The van der Waals surface area contributed by atoms with Gasteiger partial charge in [-0.05, 0) is 46.2 Å². The van der Waals surface area contributed by atoms with Crippen LogP contribution in [0.25, 0.3) is 0 Å². The van der Waals surface area contributed by atoms with E-state index >= 15 is 0 Å². The van der Waals surface area contributed by atoms with Crippen molar-refractivity contribution in [3.63, 3.8) is 0 Å². The monoisotopic (exact) mass is 318 g/mol. The van der Waals surface area contributed by atoms with Gasteiger partial charge in [-0.15, -0.1) is 0 Å². The van der Waals surface area contributed by atoms with E-state index in [4.69, 9.17) is 4.98 Å². The van der Waals surface area contributed by atoms with Gasteiger partial charge in [0.2, 0.25) is 5.91 Å². The molecule has 0 bridgehead atoms. The Morgan fingerprint density at radius 1 is 1.26 bits per heavy atom. The molecule has 1 N–H and O–H groups in total. The van der Waals surface area contributed by atoms with Gasteiger partial charge in [-0.2, -0.15) is 0 Å². The largest absolute Gasteiger partial charge is 0.354 e. The highest BCUT2D eigenvalue weighted by molar-refractivity contribution is 5.74. The number of carbonyl (C=O) groups excluding carboxylic acids is 1. The number of nitrogens with one attached hydrogen (secondary N) is 1. The van der Waals surface area contributed by atoms with Crippen LogP contribution >= 0.6 is 0 Å². The summed E-state index contributed by atoms with van der Waals surface area (Å²) in [5.41, 5.74) is 3.39. The van der Waals surface area contributed by atoms with Crippen LogP contribution in [0.3, 0.4) is 0 Å². The Labute approximate surface area is 140 Å². The molecule has 1 saturated heterocycles. The minimum atomic E-state index is 0.0178. The first-order chi connectivity index (χ1) is 10.8. The van der Waals surface area contributed by atoms with Crippen LogP contribution in [0.15, 0.2) is 6.07 Å². The van der Waals surface area contributed by atoms with Crippen molar-refractivity contribution in [2.45, 2.75) is 53.6 Å². The molecule has 1 aromatic rings. The van der Waals surface area contributed by atoms with Crippen molar-refractivity contribution in [2.24, 2.45) is 0 Å². The summed E-state index contributed by atoms with van der Waals surface area (Å²) in [6, 6.07) is 2.40. The van der Waals surface area contributed by atoms with Gasteiger partial charge in [0.1, 0.15) is 5.82 Å². The number of amides is 1. The van der Waals surface area contributed by atoms with Crippen LogP contribution in [-0.2, 0) is 4.79 Å². The normalized spacial score (nSPS) is 16.6. The van der Waals surface area contributed by atoms with Crippen LogP contribution in [0.5, 0.6) is 0 Å². The number of piperazine rings is 1. The second-order valence-electron chi connectivity index (χ2n) is 6.74. The molecule has 1 atom stereocenters. The molecule has 2 rings (SSSR count). The Morgan fingerprint density at radius 2 is 1.87 bits per heavy atom. The van der Waals surface area contributed by atoms with E-state index in [2.05, 4.69) is 50.9 Å². The maximum Gasteiger partial charge on any atom is 0.220 e. The van der Waals surface area contributed by atoms with Gasteiger partial charge in [0.25, 0.3) is 0 Å². The molecule has 1 aliphatic rings. The van der Waals surface area contributed by atoms with Crippen molar-refractivity contribution in [1.82, 2.24) is 15.2 Å². The van der Waals surface area contributed by atoms with Crippen LogP contribution in [-0.4, -0.2) is 48.0 Å². The fourth-order valence-corrected chi connectivity index (χ4v) is 3.38. The molecule has 0 spiro atoms. The third-order valence-corrected chi connectivity index (χ3v) is 4.68. The molecule has 2 heterocycles. The quantitative estimate of drug-likeness (QED) is 0.926. The number of hydrogen-bond acceptors (Lipinski definition) is 4. The Balaban J connectivity index is 2.46. The summed E-state index contributed by atoms with van der Waals surface area (Å²) < 4.78 is 0. The van der Waals surface area contributed by atoms with Crippen LogP contribution in [0.4, 0.5) is 5.82 Å². The Bertz CT molecular complexity index is 564. The third kappa shape index (κ3) is 3.83. The second-order valence-corrected chi connectivity index (χ2v) is 6.74. The predicted octanol–water partition coefficient (Wildman–Crippen LogP) is 2.43. The third-order valence-electron chi connectivity index (χ3n) is 4.68. The van der Waals surface area contributed by atoms with Crippen molar-refractivity contribution in [1.29, 1.82) is 0 Å². The maximum atomic E-state index is 12.1. The fraction of sp³-hybridized carbons (Fsp3) is 0.667. The lowest BCUT2D eigenvalue weighted by molar-refractivity contribution is -0.132. The molecule has 1 amide bonds. The zero-order chi connectivity index (χ0) is 17.1. The standard InChI is InChI=1S/C18H30N4O/c1-12(2)22(16(6)23)15(5)17-11-13(3)14(4)20-18(17)21-9-7-19-8-10-21/h11-12,15,19H,7-10H2,1-6H3. The van der Waals surface area contributed by atoms with Gasteiger partial charge < -0.3 is 15.1 Å². The molecule has 5 nitrogen and oxygen atoms in total. The number of carbonyl (C=O) groups is 1. The molecule has 1 unspecified atom stereocenters. The molecule has 23 heavy (non-hydrogen) atoms. The number of nitrogens with zero attached hydrogens (tertiary/aromatic N) is 3. The SMILES string of the molecule is CC(=O)N(C(C)C)C(C)c1cc(C)c(C)nc1N1CCNCC1. The molecule has 1 fully saturated rings.